The first kappa shape index (κ1) is 15.9. The molecule has 0 atom stereocenters. The number of aryl methyl sites for hydroxylation is 1. The van der Waals surface area contributed by atoms with Crippen LogP contribution in [0.25, 0.3) is 0 Å². The third-order valence-electron chi connectivity index (χ3n) is 2.89. The van der Waals surface area contributed by atoms with Gasteiger partial charge >= 0.3 is 0 Å². The number of H-pyrrole nitrogens is 1. The van der Waals surface area contributed by atoms with Crippen LogP contribution in [0.4, 0.5) is 0 Å². The summed E-state index contributed by atoms with van der Waals surface area (Å²) in [7, 11) is 3.27. The van der Waals surface area contributed by atoms with Crippen molar-refractivity contribution in [3.8, 4) is 0 Å². The molecule has 110 valence electrons. The second-order valence-corrected chi connectivity index (χ2v) is 4.91. The number of carbonyl (C=O) groups excluding carboxylic acids is 2. The molecule has 0 aliphatic rings. The molecule has 20 heavy (non-hydrogen) atoms. The SMILES string of the molecule is CCCN(CC(=O)N(C)C)C(=O)c1c[nH]c(C)cc1=O. The van der Waals surface area contributed by atoms with Gasteiger partial charge in [-0.2, -0.15) is 0 Å². The summed E-state index contributed by atoms with van der Waals surface area (Å²) in [6.07, 6.45) is 2.12. The molecular weight excluding hydrogens is 258 g/mol. The summed E-state index contributed by atoms with van der Waals surface area (Å²) in [6.45, 7) is 4.08. The number of rotatable bonds is 5. The smallest absolute Gasteiger partial charge is 0.259 e. The van der Waals surface area contributed by atoms with Gasteiger partial charge < -0.3 is 14.8 Å². The predicted octanol–water partition coefficient (Wildman–Crippen LogP) is 0.624. The Morgan fingerprint density at radius 1 is 1.30 bits per heavy atom. The van der Waals surface area contributed by atoms with Gasteiger partial charge in [-0.25, -0.2) is 0 Å². The van der Waals surface area contributed by atoms with Crippen molar-refractivity contribution in [1.29, 1.82) is 0 Å². The summed E-state index contributed by atoms with van der Waals surface area (Å²) in [5.41, 5.74) is 0.429. The van der Waals surface area contributed by atoms with Gasteiger partial charge in [0.2, 0.25) is 5.91 Å². The first-order valence-corrected chi connectivity index (χ1v) is 6.55. The molecule has 1 heterocycles. The Balaban J connectivity index is 2.99. The highest BCUT2D eigenvalue weighted by Gasteiger charge is 2.21. The van der Waals surface area contributed by atoms with E-state index in [1.54, 1.807) is 21.0 Å². The highest BCUT2D eigenvalue weighted by molar-refractivity contribution is 5.96. The summed E-state index contributed by atoms with van der Waals surface area (Å²) < 4.78 is 0. The van der Waals surface area contributed by atoms with Gasteiger partial charge in [-0.05, 0) is 13.3 Å². The third-order valence-corrected chi connectivity index (χ3v) is 2.89. The number of hydrogen-bond acceptors (Lipinski definition) is 3. The van der Waals surface area contributed by atoms with Crippen LogP contribution in [0.5, 0.6) is 0 Å². The number of hydrogen-bond donors (Lipinski definition) is 1. The van der Waals surface area contributed by atoms with Crippen LogP contribution in [0.3, 0.4) is 0 Å². The molecule has 0 spiro atoms. The lowest BCUT2D eigenvalue weighted by molar-refractivity contribution is -0.129. The summed E-state index contributed by atoms with van der Waals surface area (Å²) in [6, 6.07) is 1.38. The van der Waals surface area contributed by atoms with E-state index in [1.165, 1.54) is 22.1 Å². The molecule has 6 nitrogen and oxygen atoms in total. The van der Waals surface area contributed by atoms with E-state index in [1.807, 2.05) is 6.92 Å². The van der Waals surface area contributed by atoms with Crippen molar-refractivity contribution in [2.24, 2.45) is 0 Å². The van der Waals surface area contributed by atoms with Crippen LogP contribution in [0.15, 0.2) is 17.1 Å². The molecule has 0 saturated carbocycles. The fourth-order valence-electron chi connectivity index (χ4n) is 1.74. The predicted molar refractivity (Wildman–Crippen MR) is 76.7 cm³/mol. The van der Waals surface area contributed by atoms with Gasteiger partial charge in [-0.3, -0.25) is 14.4 Å². The Morgan fingerprint density at radius 2 is 1.95 bits per heavy atom. The van der Waals surface area contributed by atoms with Crippen LogP contribution in [-0.2, 0) is 4.79 Å². The minimum absolute atomic E-state index is 0.0208. The Morgan fingerprint density at radius 3 is 2.45 bits per heavy atom. The minimum atomic E-state index is -0.414. The van der Waals surface area contributed by atoms with Crippen molar-refractivity contribution in [2.45, 2.75) is 20.3 Å². The van der Waals surface area contributed by atoms with E-state index in [2.05, 4.69) is 4.98 Å². The largest absolute Gasteiger partial charge is 0.364 e. The maximum atomic E-state index is 12.4. The molecule has 0 saturated heterocycles. The van der Waals surface area contributed by atoms with E-state index in [0.717, 1.165) is 6.42 Å². The zero-order valence-electron chi connectivity index (χ0n) is 12.4. The van der Waals surface area contributed by atoms with Gasteiger partial charge in [0.05, 0.1) is 0 Å². The van der Waals surface area contributed by atoms with E-state index in [-0.39, 0.29) is 23.4 Å². The first-order valence-electron chi connectivity index (χ1n) is 6.55. The molecule has 0 fully saturated rings. The van der Waals surface area contributed by atoms with Gasteiger partial charge in [-0.15, -0.1) is 0 Å². The fourth-order valence-corrected chi connectivity index (χ4v) is 1.74. The zero-order valence-corrected chi connectivity index (χ0v) is 12.4. The van der Waals surface area contributed by atoms with Crippen LogP contribution in [0, 0.1) is 6.92 Å². The molecule has 6 heteroatoms. The van der Waals surface area contributed by atoms with Gasteiger partial charge in [0.15, 0.2) is 5.43 Å². The van der Waals surface area contributed by atoms with Crippen molar-refractivity contribution >= 4 is 11.8 Å². The minimum Gasteiger partial charge on any atom is -0.364 e. The van der Waals surface area contributed by atoms with Crippen LogP contribution in [0.1, 0.15) is 29.4 Å². The number of aromatic amines is 1. The number of amides is 2. The molecule has 1 aromatic rings. The summed E-state index contributed by atoms with van der Waals surface area (Å²) in [4.78, 5) is 41.6. The maximum Gasteiger partial charge on any atom is 0.259 e. The van der Waals surface area contributed by atoms with E-state index in [0.29, 0.717) is 12.2 Å². The molecule has 0 aromatic carbocycles. The second-order valence-electron chi connectivity index (χ2n) is 4.91. The Kier molecular flexibility index (Phi) is 5.49. The van der Waals surface area contributed by atoms with Crippen molar-refractivity contribution < 1.29 is 9.59 Å². The normalized spacial score (nSPS) is 10.2. The zero-order chi connectivity index (χ0) is 15.3. The maximum absolute atomic E-state index is 12.4. The number of pyridine rings is 1. The lowest BCUT2D eigenvalue weighted by Gasteiger charge is -2.23. The van der Waals surface area contributed by atoms with E-state index >= 15 is 0 Å². The van der Waals surface area contributed by atoms with Gasteiger partial charge in [-0.1, -0.05) is 6.92 Å². The Hall–Kier alpha value is -2.11. The Bertz CT molecular complexity index is 549. The van der Waals surface area contributed by atoms with Crippen molar-refractivity contribution in [1.82, 2.24) is 14.8 Å². The third kappa shape index (κ3) is 3.94. The fraction of sp³-hybridized carbons (Fsp3) is 0.500. The van der Waals surface area contributed by atoms with E-state index in [9.17, 15) is 14.4 Å². The molecule has 1 N–H and O–H groups in total. The highest BCUT2D eigenvalue weighted by Crippen LogP contribution is 2.02. The number of nitrogens with zero attached hydrogens (tertiary/aromatic N) is 2. The number of nitrogens with one attached hydrogen (secondary N) is 1. The lowest BCUT2D eigenvalue weighted by Crippen LogP contribution is -2.42. The van der Waals surface area contributed by atoms with Gasteiger partial charge in [0.25, 0.3) is 5.91 Å². The molecule has 1 rings (SSSR count). The summed E-state index contributed by atoms with van der Waals surface area (Å²) >= 11 is 0. The Labute approximate surface area is 118 Å². The first-order chi connectivity index (χ1) is 9.36. The van der Waals surface area contributed by atoms with Crippen molar-refractivity contribution in [2.75, 3.05) is 27.2 Å². The molecule has 0 bridgehead atoms. The molecular formula is C14H21N3O3. The average molecular weight is 279 g/mol. The molecule has 2 amide bonds. The molecule has 0 aliphatic carbocycles. The topological polar surface area (TPSA) is 73.5 Å². The number of carbonyl (C=O) groups is 2. The van der Waals surface area contributed by atoms with Gasteiger partial charge in [0, 0.05) is 38.6 Å². The monoisotopic (exact) mass is 279 g/mol. The molecule has 0 unspecified atom stereocenters. The quantitative estimate of drug-likeness (QED) is 0.859. The highest BCUT2D eigenvalue weighted by atomic mass is 16.2. The van der Waals surface area contributed by atoms with E-state index < -0.39 is 5.91 Å². The van der Waals surface area contributed by atoms with Crippen molar-refractivity contribution in [3.63, 3.8) is 0 Å². The van der Waals surface area contributed by atoms with Crippen molar-refractivity contribution in [3.05, 3.63) is 33.7 Å². The molecule has 1 aromatic heterocycles. The van der Waals surface area contributed by atoms with E-state index in [4.69, 9.17) is 0 Å². The number of likely N-dealkylation sites (N-methyl/N-ethyl adjacent to an activating group) is 1. The number of aromatic nitrogens is 1. The standard InChI is InChI=1S/C14H21N3O3/c1-5-6-17(9-13(19)16(3)4)14(20)11-8-15-10(2)7-12(11)18/h7-8H,5-6,9H2,1-4H3,(H,15,18). The lowest BCUT2D eigenvalue weighted by atomic mass is 10.2. The summed E-state index contributed by atoms with van der Waals surface area (Å²) in [5.74, 6) is -0.585. The van der Waals surface area contributed by atoms with Crippen LogP contribution < -0.4 is 5.43 Å². The van der Waals surface area contributed by atoms with Crippen LogP contribution in [0.2, 0.25) is 0 Å². The molecule has 0 radical (unpaired) electrons. The molecule has 0 aliphatic heterocycles. The second kappa shape index (κ2) is 6.88. The summed E-state index contributed by atoms with van der Waals surface area (Å²) in [5, 5.41) is 0. The van der Waals surface area contributed by atoms with Crippen LogP contribution in [-0.4, -0.2) is 53.8 Å². The van der Waals surface area contributed by atoms with Gasteiger partial charge in [0.1, 0.15) is 12.1 Å². The average Bonchev–Trinajstić information content (AvgIpc) is 2.37. The van der Waals surface area contributed by atoms with Crippen LogP contribution >= 0.6 is 0 Å².